The second kappa shape index (κ2) is 9.21. The molecule has 1 saturated heterocycles. The molecule has 0 radical (unpaired) electrons. The molecule has 0 spiro atoms. The number of likely N-dealkylation sites (tertiary alicyclic amines) is 1. The van der Waals surface area contributed by atoms with Crippen molar-refractivity contribution >= 4 is 40.9 Å². The lowest BCUT2D eigenvalue weighted by atomic mass is 10.0. The highest BCUT2D eigenvalue weighted by atomic mass is 35.5. The van der Waals surface area contributed by atoms with Crippen LogP contribution in [0.4, 0.5) is 0 Å². The highest BCUT2D eigenvalue weighted by molar-refractivity contribution is 6.31. The summed E-state index contributed by atoms with van der Waals surface area (Å²) in [6, 6.07) is 14.2. The van der Waals surface area contributed by atoms with Gasteiger partial charge in [0.2, 0.25) is 0 Å². The van der Waals surface area contributed by atoms with Gasteiger partial charge in [-0.1, -0.05) is 41.4 Å². The third-order valence-corrected chi connectivity index (χ3v) is 5.84. The minimum Gasteiger partial charge on any atom is -0.451 e. The fourth-order valence-corrected chi connectivity index (χ4v) is 4.15. The molecule has 1 unspecified atom stereocenters. The SMILES string of the molecule is Cc1ccc(C(CNC(=O)c2oc3ccc(Cl)cc3c2C)N2CCCC2)cc1.Cl. The molecule has 3 aromatic rings. The van der Waals surface area contributed by atoms with Crippen LogP contribution in [0.25, 0.3) is 11.0 Å². The highest BCUT2D eigenvalue weighted by Gasteiger charge is 2.25. The molecular formula is C23H26Cl2N2O2. The van der Waals surface area contributed by atoms with Crippen LogP contribution in [0.3, 0.4) is 0 Å². The maximum absolute atomic E-state index is 12.9. The minimum absolute atomic E-state index is 0. The Bertz CT molecular complexity index is 992. The maximum Gasteiger partial charge on any atom is 0.287 e. The number of aryl methyl sites for hydroxylation is 2. The third-order valence-electron chi connectivity index (χ3n) is 5.60. The quantitative estimate of drug-likeness (QED) is 0.562. The van der Waals surface area contributed by atoms with Gasteiger partial charge in [0.25, 0.3) is 5.91 Å². The Labute approximate surface area is 182 Å². The Kier molecular flexibility index (Phi) is 6.89. The summed E-state index contributed by atoms with van der Waals surface area (Å²) < 4.78 is 5.81. The molecule has 4 rings (SSSR count). The number of halogens is 2. The summed E-state index contributed by atoms with van der Waals surface area (Å²) in [5.41, 5.74) is 3.98. The van der Waals surface area contributed by atoms with Gasteiger partial charge in [-0.15, -0.1) is 12.4 Å². The van der Waals surface area contributed by atoms with E-state index in [0.717, 1.165) is 24.0 Å². The van der Waals surface area contributed by atoms with E-state index in [9.17, 15) is 4.79 Å². The second-order valence-electron chi connectivity index (χ2n) is 7.58. The number of amides is 1. The first-order valence-electron chi connectivity index (χ1n) is 9.80. The van der Waals surface area contributed by atoms with Gasteiger partial charge in [0.05, 0.1) is 6.04 Å². The van der Waals surface area contributed by atoms with Gasteiger partial charge in [-0.2, -0.15) is 0 Å². The second-order valence-corrected chi connectivity index (χ2v) is 8.01. The molecule has 4 nitrogen and oxygen atoms in total. The van der Waals surface area contributed by atoms with Crippen LogP contribution < -0.4 is 5.32 Å². The van der Waals surface area contributed by atoms with Crippen LogP contribution in [0.1, 0.15) is 46.1 Å². The summed E-state index contributed by atoms with van der Waals surface area (Å²) in [7, 11) is 0. The largest absolute Gasteiger partial charge is 0.451 e. The zero-order valence-corrected chi connectivity index (χ0v) is 18.3. The molecular weight excluding hydrogens is 407 g/mol. The van der Waals surface area contributed by atoms with Gasteiger partial charge in [-0.05, 0) is 63.5 Å². The van der Waals surface area contributed by atoms with E-state index in [2.05, 4.69) is 41.4 Å². The molecule has 0 saturated carbocycles. The molecule has 0 aliphatic carbocycles. The van der Waals surface area contributed by atoms with E-state index in [4.69, 9.17) is 16.0 Å². The summed E-state index contributed by atoms with van der Waals surface area (Å²) in [6.45, 7) is 6.67. The van der Waals surface area contributed by atoms with Crippen LogP contribution in [-0.4, -0.2) is 30.4 Å². The molecule has 1 amide bonds. The number of benzene rings is 2. The van der Waals surface area contributed by atoms with Crippen molar-refractivity contribution in [2.75, 3.05) is 19.6 Å². The van der Waals surface area contributed by atoms with Crippen LogP contribution in [0.5, 0.6) is 0 Å². The monoisotopic (exact) mass is 432 g/mol. The van der Waals surface area contributed by atoms with E-state index in [1.54, 1.807) is 12.1 Å². The molecule has 6 heteroatoms. The Morgan fingerprint density at radius 2 is 1.83 bits per heavy atom. The number of rotatable bonds is 5. The molecule has 1 aliphatic heterocycles. The average molecular weight is 433 g/mol. The van der Waals surface area contributed by atoms with Crippen molar-refractivity contribution in [1.29, 1.82) is 0 Å². The van der Waals surface area contributed by atoms with Crippen molar-refractivity contribution in [3.05, 3.63) is 69.9 Å². The van der Waals surface area contributed by atoms with Gasteiger partial charge in [-0.3, -0.25) is 9.69 Å². The minimum atomic E-state index is -0.180. The van der Waals surface area contributed by atoms with E-state index in [1.165, 1.54) is 24.0 Å². The van der Waals surface area contributed by atoms with Crippen molar-refractivity contribution < 1.29 is 9.21 Å². The molecule has 1 aliphatic rings. The van der Waals surface area contributed by atoms with Crippen molar-refractivity contribution in [2.24, 2.45) is 0 Å². The maximum atomic E-state index is 12.9. The van der Waals surface area contributed by atoms with Crippen LogP contribution in [0.2, 0.25) is 5.02 Å². The molecule has 1 fully saturated rings. The predicted octanol–water partition coefficient (Wildman–Crippen LogP) is 5.69. The fraction of sp³-hybridized carbons (Fsp3) is 0.348. The lowest BCUT2D eigenvalue weighted by molar-refractivity contribution is 0.0911. The van der Waals surface area contributed by atoms with Crippen LogP contribution in [0.15, 0.2) is 46.9 Å². The van der Waals surface area contributed by atoms with E-state index >= 15 is 0 Å². The van der Waals surface area contributed by atoms with E-state index < -0.39 is 0 Å². The summed E-state index contributed by atoms with van der Waals surface area (Å²) in [4.78, 5) is 15.3. The molecule has 2 heterocycles. The number of nitrogens with zero attached hydrogens (tertiary/aromatic N) is 1. The molecule has 2 aromatic carbocycles. The van der Waals surface area contributed by atoms with Gasteiger partial charge < -0.3 is 9.73 Å². The van der Waals surface area contributed by atoms with Crippen molar-refractivity contribution in [1.82, 2.24) is 10.2 Å². The van der Waals surface area contributed by atoms with Crippen molar-refractivity contribution in [3.8, 4) is 0 Å². The Hall–Kier alpha value is -2.01. The lowest BCUT2D eigenvalue weighted by Gasteiger charge is -2.28. The highest BCUT2D eigenvalue weighted by Crippen LogP contribution is 2.29. The first-order chi connectivity index (χ1) is 13.5. The van der Waals surface area contributed by atoms with Crippen LogP contribution >= 0.6 is 24.0 Å². The van der Waals surface area contributed by atoms with Gasteiger partial charge in [0.1, 0.15) is 5.58 Å². The topological polar surface area (TPSA) is 45.5 Å². The number of hydrogen-bond acceptors (Lipinski definition) is 3. The van der Waals surface area contributed by atoms with Crippen LogP contribution in [0, 0.1) is 13.8 Å². The molecule has 1 aromatic heterocycles. The predicted molar refractivity (Wildman–Crippen MR) is 120 cm³/mol. The Morgan fingerprint density at radius 1 is 1.14 bits per heavy atom. The van der Waals surface area contributed by atoms with Gasteiger partial charge in [0.15, 0.2) is 5.76 Å². The zero-order chi connectivity index (χ0) is 19.7. The summed E-state index contributed by atoms with van der Waals surface area (Å²) >= 11 is 6.09. The van der Waals surface area contributed by atoms with E-state index in [0.29, 0.717) is 22.9 Å². The standard InChI is InChI=1S/C23H25ClN2O2.ClH/c1-15-5-7-17(8-6-15)20(26-11-3-4-12-26)14-25-23(27)22-16(2)19-13-18(24)9-10-21(19)28-22;/h5-10,13,20H,3-4,11-12,14H2,1-2H3,(H,25,27);1H. The number of hydrogen-bond donors (Lipinski definition) is 1. The summed E-state index contributed by atoms with van der Waals surface area (Å²) in [5.74, 6) is 0.183. The Morgan fingerprint density at radius 3 is 2.52 bits per heavy atom. The van der Waals surface area contributed by atoms with Crippen LogP contribution in [-0.2, 0) is 0 Å². The molecule has 154 valence electrons. The molecule has 29 heavy (non-hydrogen) atoms. The zero-order valence-electron chi connectivity index (χ0n) is 16.7. The number of carbonyl (C=O) groups excluding carboxylic acids is 1. The van der Waals surface area contributed by atoms with Gasteiger partial charge >= 0.3 is 0 Å². The van der Waals surface area contributed by atoms with Crippen molar-refractivity contribution in [2.45, 2.75) is 32.7 Å². The third kappa shape index (κ3) is 4.61. The molecule has 0 bridgehead atoms. The number of furan rings is 1. The fourth-order valence-electron chi connectivity index (χ4n) is 3.98. The van der Waals surface area contributed by atoms with Gasteiger partial charge in [0, 0.05) is 22.5 Å². The molecule has 1 atom stereocenters. The summed E-state index contributed by atoms with van der Waals surface area (Å²) in [5, 5.41) is 4.62. The van der Waals surface area contributed by atoms with Gasteiger partial charge in [-0.25, -0.2) is 0 Å². The first-order valence-corrected chi connectivity index (χ1v) is 10.2. The molecule has 1 N–H and O–H groups in total. The normalized spacial score (nSPS) is 15.3. The summed E-state index contributed by atoms with van der Waals surface area (Å²) in [6.07, 6.45) is 2.42. The lowest BCUT2D eigenvalue weighted by Crippen LogP contribution is -2.36. The van der Waals surface area contributed by atoms with E-state index in [-0.39, 0.29) is 24.4 Å². The average Bonchev–Trinajstić information content (AvgIpc) is 3.32. The number of carbonyl (C=O) groups is 1. The van der Waals surface area contributed by atoms with E-state index in [1.807, 2.05) is 13.0 Å². The first kappa shape index (κ1) is 21.7. The number of fused-ring (bicyclic) bond motifs is 1. The Balaban J connectivity index is 0.00000240. The van der Waals surface area contributed by atoms with Crippen molar-refractivity contribution in [3.63, 3.8) is 0 Å². The smallest absolute Gasteiger partial charge is 0.287 e. The number of nitrogens with one attached hydrogen (secondary N) is 1.